The van der Waals surface area contributed by atoms with Crippen molar-refractivity contribution in [1.29, 1.82) is 0 Å². The molecule has 2 N–H and O–H groups in total. The molecule has 26 heavy (non-hydrogen) atoms. The fourth-order valence-electron chi connectivity index (χ4n) is 3.01. The summed E-state index contributed by atoms with van der Waals surface area (Å²) in [4.78, 5) is 27.4. The van der Waals surface area contributed by atoms with Gasteiger partial charge in [-0.2, -0.15) is 5.10 Å². The van der Waals surface area contributed by atoms with Crippen LogP contribution in [0.5, 0.6) is 0 Å². The van der Waals surface area contributed by atoms with Gasteiger partial charge in [0.05, 0.1) is 12.7 Å². The van der Waals surface area contributed by atoms with Crippen LogP contribution in [0.4, 0.5) is 5.82 Å². The number of H-pyrrole nitrogens is 1. The summed E-state index contributed by atoms with van der Waals surface area (Å²) in [5.74, 6) is 0.236. The van der Waals surface area contributed by atoms with Crippen LogP contribution in [0.15, 0.2) is 41.0 Å². The highest BCUT2D eigenvalue weighted by atomic mass is 79.9. The third-order valence-electron chi connectivity index (χ3n) is 4.22. The van der Waals surface area contributed by atoms with Crippen molar-refractivity contribution in [3.05, 3.63) is 69.1 Å². The molecule has 0 unspecified atom stereocenters. The molecule has 0 radical (unpaired) electrons. The molecule has 1 amide bonds. The number of aryl methyl sites for hydroxylation is 1. The summed E-state index contributed by atoms with van der Waals surface area (Å²) >= 11 is 3.41. The molecule has 0 fully saturated rings. The number of anilines is 1. The Bertz CT molecular complexity index is 970. The first-order valence-corrected chi connectivity index (χ1v) is 8.94. The summed E-state index contributed by atoms with van der Waals surface area (Å²) in [6, 6.07) is 9.66. The Labute approximate surface area is 159 Å². The Kier molecular flexibility index (Phi) is 5.08. The Morgan fingerprint density at radius 1 is 1.19 bits per heavy atom. The van der Waals surface area contributed by atoms with Crippen molar-refractivity contribution in [3.8, 4) is 0 Å². The predicted molar refractivity (Wildman–Crippen MR) is 104 cm³/mol. The molecule has 7 heteroatoms. The molecular weight excluding hydrogens is 396 g/mol. The predicted octanol–water partition coefficient (Wildman–Crippen LogP) is 4.09. The Morgan fingerprint density at radius 2 is 1.88 bits per heavy atom. The van der Waals surface area contributed by atoms with Crippen molar-refractivity contribution in [1.82, 2.24) is 14.8 Å². The average molecular weight is 415 g/mol. The molecule has 1 aromatic carbocycles. The van der Waals surface area contributed by atoms with Crippen LogP contribution in [-0.2, 0) is 6.54 Å². The van der Waals surface area contributed by atoms with Crippen molar-refractivity contribution in [2.75, 3.05) is 5.32 Å². The molecule has 3 aromatic rings. The summed E-state index contributed by atoms with van der Waals surface area (Å²) in [6.07, 6.45) is 1.64. The lowest BCUT2D eigenvalue weighted by atomic mass is 10.1. The maximum Gasteiger partial charge on any atom is 0.273 e. The number of aromatic amines is 1. The van der Waals surface area contributed by atoms with Crippen LogP contribution < -0.4 is 5.32 Å². The highest BCUT2D eigenvalue weighted by Crippen LogP contribution is 2.20. The van der Waals surface area contributed by atoms with Crippen molar-refractivity contribution in [2.45, 2.75) is 27.3 Å². The van der Waals surface area contributed by atoms with E-state index in [9.17, 15) is 9.59 Å². The zero-order valence-electron chi connectivity index (χ0n) is 14.8. The molecule has 0 atom stereocenters. The van der Waals surface area contributed by atoms with E-state index in [2.05, 4.69) is 31.3 Å². The van der Waals surface area contributed by atoms with Gasteiger partial charge in [-0.3, -0.25) is 9.59 Å². The van der Waals surface area contributed by atoms with E-state index in [0.29, 0.717) is 34.9 Å². The number of nitrogens with one attached hydrogen (secondary N) is 2. The van der Waals surface area contributed by atoms with E-state index in [-0.39, 0.29) is 11.7 Å². The lowest BCUT2D eigenvalue weighted by Crippen LogP contribution is -2.17. The van der Waals surface area contributed by atoms with Crippen LogP contribution in [0.3, 0.4) is 0 Å². The van der Waals surface area contributed by atoms with Crippen molar-refractivity contribution >= 4 is 33.4 Å². The lowest BCUT2D eigenvalue weighted by molar-refractivity contribution is 0.101. The van der Waals surface area contributed by atoms with Gasteiger partial charge in [0.15, 0.2) is 5.78 Å². The van der Waals surface area contributed by atoms with Gasteiger partial charge in [0, 0.05) is 21.8 Å². The number of halogens is 1. The molecule has 2 aromatic heterocycles. The molecule has 0 bridgehead atoms. The number of nitrogens with zero attached hydrogens (tertiary/aromatic N) is 2. The quantitative estimate of drug-likeness (QED) is 0.616. The SMILES string of the molecule is CC(=O)c1c(C)[nH]c(C(=O)Nc2ccnn2Cc2ccc(Br)cc2)c1C. The first-order valence-electron chi connectivity index (χ1n) is 8.14. The van der Waals surface area contributed by atoms with Crippen molar-refractivity contribution in [2.24, 2.45) is 0 Å². The smallest absolute Gasteiger partial charge is 0.273 e. The maximum absolute atomic E-state index is 12.7. The van der Waals surface area contributed by atoms with E-state index >= 15 is 0 Å². The Balaban J connectivity index is 1.81. The molecule has 6 nitrogen and oxygen atoms in total. The van der Waals surface area contributed by atoms with Crippen molar-refractivity contribution in [3.63, 3.8) is 0 Å². The molecule has 2 heterocycles. The fraction of sp³-hybridized carbons (Fsp3) is 0.211. The molecule has 0 aliphatic heterocycles. The fourth-order valence-corrected chi connectivity index (χ4v) is 3.28. The van der Waals surface area contributed by atoms with Gasteiger partial charge in [0.1, 0.15) is 11.5 Å². The zero-order chi connectivity index (χ0) is 18.8. The number of ketones is 1. The van der Waals surface area contributed by atoms with E-state index in [1.54, 1.807) is 30.8 Å². The topological polar surface area (TPSA) is 79.8 Å². The van der Waals surface area contributed by atoms with Gasteiger partial charge in [0.25, 0.3) is 5.91 Å². The summed E-state index contributed by atoms with van der Waals surface area (Å²) in [5, 5.41) is 7.15. The average Bonchev–Trinajstić information content (AvgIpc) is 3.13. The second-order valence-electron chi connectivity index (χ2n) is 6.14. The minimum Gasteiger partial charge on any atom is -0.354 e. The van der Waals surface area contributed by atoms with E-state index in [0.717, 1.165) is 10.0 Å². The Hall–Kier alpha value is -2.67. The maximum atomic E-state index is 12.7. The molecule has 3 rings (SSSR count). The van der Waals surface area contributed by atoms with Gasteiger partial charge in [-0.1, -0.05) is 28.1 Å². The van der Waals surface area contributed by atoms with Gasteiger partial charge in [-0.15, -0.1) is 0 Å². The number of hydrogen-bond acceptors (Lipinski definition) is 3. The van der Waals surface area contributed by atoms with Crippen LogP contribution in [0, 0.1) is 13.8 Å². The van der Waals surface area contributed by atoms with Gasteiger partial charge in [0.2, 0.25) is 0 Å². The number of benzene rings is 1. The number of rotatable bonds is 5. The van der Waals surface area contributed by atoms with Gasteiger partial charge in [-0.25, -0.2) is 4.68 Å². The third kappa shape index (κ3) is 3.62. The number of hydrogen-bond donors (Lipinski definition) is 2. The molecule has 0 aliphatic carbocycles. The van der Waals surface area contributed by atoms with Gasteiger partial charge >= 0.3 is 0 Å². The number of carbonyl (C=O) groups excluding carboxylic acids is 2. The number of aromatic nitrogens is 3. The van der Waals surface area contributed by atoms with Crippen molar-refractivity contribution < 1.29 is 9.59 Å². The summed E-state index contributed by atoms with van der Waals surface area (Å²) in [7, 11) is 0. The number of carbonyl (C=O) groups is 2. The second-order valence-corrected chi connectivity index (χ2v) is 7.05. The van der Waals surface area contributed by atoms with Crippen LogP contribution >= 0.6 is 15.9 Å². The summed E-state index contributed by atoms with van der Waals surface area (Å²) < 4.78 is 2.73. The number of Topliss-reactive ketones (excluding diaryl/α,β-unsaturated/α-hetero) is 1. The Morgan fingerprint density at radius 3 is 2.50 bits per heavy atom. The largest absolute Gasteiger partial charge is 0.354 e. The van der Waals surface area contributed by atoms with Crippen LogP contribution in [-0.4, -0.2) is 26.5 Å². The molecule has 0 saturated heterocycles. The summed E-state index contributed by atoms with van der Waals surface area (Å²) in [5.41, 5.74) is 3.38. The van der Waals surface area contributed by atoms with Crippen LogP contribution in [0.25, 0.3) is 0 Å². The van der Waals surface area contributed by atoms with Crippen LogP contribution in [0.2, 0.25) is 0 Å². The molecular formula is C19H19BrN4O2. The molecule has 134 valence electrons. The standard InChI is InChI=1S/C19H19BrN4O2/c1-11-17(13(3)25)12(2)22-18(11)19(26)23-16-8-9-21-24(16)10-14-4-6-15(20)7-5-14/h4-9,22H,10H2,1-3H3,(H,23,26). The first kappa shape index (κ1) is 18.1. The number of amides is 1. The van der Waals surface area contributed by atoms with Gasteiger partial charge < -0.3 is 10.3 Å². The third-order valence-corrected chi connectivity index (χ3v) is 4.75. The monoisotopic (exact) mass is 414 g/mol. The molecule has 0 saturated carbocycles. The lowest BCUT2D eigenvalue weighted by Gasteiger charge is -2.09. The molecule has 0 aliphatic rings. The van der Waals surface area contributed by atoms with E-state index in [1.165, 1.54) is 6.92 Å². The summed E-state index contributed by atoms with van der Waals surface area (Å²) in [6.45, 7) is 5.60. The van der Waals surface area contributed by atoms with Crippen LogP contribution in [0.1, 0.15) is 44.6 Å². The highest BCUT2D eigenvalue weighted by Gasteiger charge is 2.20. The minimum atomic E-state index is -0.296. The van der Waals surface area contributed by atoms with E-state index in [4.69, 9.17) is 0 Å². The van der Waals surface area contributed by atoms with E-state index < -0.39 is 0 Å². The molecule has 0 spiro atoms. The normalized spacial score (nSPS) is 10.8. The zero-order valence-corrected chi connectivity index (χ0v) is 16.3. The highest BCUT2D eigenvalue weighted by molar-refractivity contribution is 9.10. The van der Waals surface area contributed by atoms with Gasteiger partial charge in [-0.05, 0) is 44.0 Å². The first-order chi connectivity index (χ1) is 12.4. The second kappa shape index (κ2) is 7.29. The minimum absolute atomic E-state index is 0.0596. The van der Waals surface area contributed by atoms with E-state index in [1.807, 2.05) is 24.3 Å².